The van der Waals surface area contributed by atoms with Crippen molar-refractivity contribution in [1.82, 2.24) is 9.55 Å². The van der Waals surface area contributed by atoms with E-state index in [2.05, 4.69) is 0 Å². The smallest absolute Gasteiger partial charge is 0.353 e. The van der Waals surface area contributed by atoms with Gasteiger partial charge in [0, 0.05) is 47.2 Å². The van der Waals surface area contributed by atoms with E-state index in [1.165, 1.54) is 6.07 Å². The van der Waals surface area contributed by atoms with Crippen molar-refractivity contribution < 1.29 is 23.8 Å². The average Bonchev–Trinajstić information content (AvgIpc) is 3.48. The lowest BCUT2D eigenvalue weighted by atomic mass is 9.92. The summed E-state index contributed by atoms with van der Waals surface area (Å²) in [5, 5.41) is 11.8. The van der Waals surface area contributed by atoms with Gasteiger partial charge in [-0.05, 0) is 30.2 Å². The van der Waals surface area contributed by atoms with Gasteiger partial charge in [0.25, 0.3) is 0 Å². The quantitative estimate of drug-likeness (QED) is 0.407. The molecular weight excluding hydrogens is 459 g/mol. The van der Waals surface area contributed by atoms with Gasteiger partial charge in [0.05, 0.1) is 23.0 Å². The highest BCUT2D eigenvalue weighted by Crippen LogP contribution is 2.44. The van der Waals surface area contributed by atoms with Crippen LogP contribution in [0.4, 0.5) is 4.39 Å². The van der Waals surface area contributed by atoms with Gasteiger partial charge < -0.3 is 14.4 Å². The third-order valence-corrected chi connectivity index (χ3v) is 6.98. The van der Waals surface area contributed by atoms with Crippen molar-refractivity contribution in [1.29, 1.82) is 0 Å². The molecule has 4 aromatic rings. The number of rotatable bonds is 5. The normalized spacial score (nSPS) is 14.8. The molecule has 0 bridgehead atoms. The molecule has 2 aliphatic rings. The highest BCUT2D eigenvalue weighted by atomic mass is 19.1. The minimum Gasteiger partial charge on any atom is -0.492 e. The van der Waals surface area contributed by atoms with Gasteiger partial charge >= 0.3 is 5.97 Å². The lowest BCUT2D eigenvalue weighted by Gasteiger charge is -2.14. The number of pyridine rings is 1. The number of carbonyl (C=O) groups is 2. The van der Waals surface area contributed by atoms with Gasteiger partial charge in [-0.1, -0.05) is 43.4 Å². The molecule has 36 heavy (non-hydrogen) atoms. The van der Waals surface area contributed by atoms with Gasteiger partial charge in [-0.15, -0.1) is 0 Å². The maximum atomic E-state index is 15.2. The fraction of sp³-hybridized carbons (Fsp3) is 0.207. The molecule has 6 rings (SSSR count). The lowest BCUT2D eigenvalue weighted by Crippen LogP contribution is -2.14. The van der Waals surface area contributed by atoms with Crippen molar-refractivity contribution in [2.45, 2.75) is 32.7 Å². The number of aromatic nitrogens is 2. The van der Waals surface area contributed by atoms with Crippen LogP contribution in [-0.4, -0.2) is 33.0 Å². The Morgan fingerprint density at radius 3 is 2.86 bits per heavy atom. The number of para-hydroxylation sites is 1. The van der Waals surface area contributed by atoms with Crippen LogP contribution in [-0.2, 0) is 24.2 Å². The Labute approximate surface area is 206 Å². The number of hydrogen-bond acceptors (Lipinski definition) is 4. The van der Waals surface area contributed by atoms with Crippen LogP contribution in [0.1, 0.15) is 46.2 Å². The van der Waals surface area contributed by atoms with E-state index in [0.717, 1.165) is 22.2 Å². The minimum absolute atomic E-state index is 0.0536. The van der Waals surface area contributed by atoms with E-state index in [1.54, 1.807) is 22.8 Å². The summed E-state index contributed by atoms with van der Waals surface area (Å²) < 4.78 is 22.7. The number of nitrogens with zero attached hydrogens (tertiary/aromatic N) is 2. The Morgan fingerprint density at radius 1 is 1.25 bits per heavy atom. The second-order valence-corrected chi connectivity index (χ2v) is 9.05. The summed E-state index contributed by atoms with van der Waals surface area (Å²) in [6, 6.07) is 11.0. The molecule has 6 nitrogen and oxygen atoms in total. The summed E-state index contributed by atoms with van der Waals surface area (Å²) in [4.78, 5) is 30.5. The Bertz CT molecular complexity index is 1660. The number of hydrogen-bond donors (Lipinski definition) is 1. The molecule has 1 aliphatic heterocycles. The standard InChI is InChI=1S/C29H23FN2O4/c1-2-17-13-16(18-7-3-5-9-22(18)31-17)15-32-23-14-21(30)19-11-12-36-28(19)26(23)25(27(32)29(34)35)20-8-4-6-10-24(20)33/h3-9,13-14H,2,10-12,15H2,1H3,(H,34,35). The van der Waals surface area contributed by atoms with Crippen molar-refractivity contribution >= 4 is 39.1 Å². The van der Waals surface area contributed by atoms with E-state index in [4.69, 9.17) is 9.72 Å². The number of halogens is 1. The first-order valence-corrected chi connectivity index (χ1v) is 12.0. The zero-order valence-corrected chi connectivity index (χ0v) is 19.7. The Kier molecular flexibility index (Phi) is 5.21. The van der Waals surface area contributed by atoms with Gasteiger partial charge in [0.15, 0.2) is 5.78 Å². The number of fused-ring (bicyclic) bond motifs is 4. The monoisotopic (exact) mass is 482 g/mol. The van der Waals surface area contributed by atoms with Crippen molar-refractivity contribution in [3.63, 3.8) is 0 Å². The SMILES string of the molecule is CCc1cc(Cn2c(C(=O)O)c(C3=CC=CCC3=O)c3c4c(c(F)cc32)CCO4)c2ccccc2n1. The molecule has 0 spiro atoms. The fourth-order valence-electron chi connectivity index (χ4n) is 5.34. The third kappa shape index (κ3) is 3.34. The third-order valence-electron chi connectivity index (χ3n) is 6.98. The van der Waals surface area contributed by atoms with Crippen LogP contribution in [0.25, 0.3) is 27.4 Å². The van der Waals surface area contributed by atoms with Gasteiger partial charge in [0.1, 0.15) is 17.3 Å². The number of ketones is 1. The van der Waals surface area contributed by atoms with Gasteiger partial charge in [-0.25, -0.2) is 9.18 Å². The number of allylic oxidation sites excluding steroid dienone is 4. The highest BCUT2D eigenvalue weighted by Gasteiger charge is 2.33. The number of carboxylic acids is 1. The van der Waals surface area contributed by atoms with E-state index < -0.39 is 11.8 Å². The molecule has 3 heterocycles. The number of aromatic carboxylic acids is 1. The highest BCUT2D eigenvalue weighted by molar-refractivity contribution is 6.28. The second kappa shape index (κ2) is 8.45. The zero-order chi connectivity index (χ0) is 25.0. The summed E-state index contributed by atoms with van der Waals surface area (Å²) in [5.41, 5.74) is 3.91. The van der Waals surface area contributed by atoms with Gasteiger partial charge in [0.2, 0.25) is 0 Å². The molecule has 7 heteroatoms. The van der Waals surface area contributed by atoms with E-state index >= 15 is 4.39 Å². The average molecular weight is 483 g/mol. The number of benzene rings is 2. The topological polar surface area (TPSA) is 81.4 Å². The Hall–Kier alpha value is -4.26. The Morgan fingerprint density at radius 2 is 2.08 bits per heavy atom. The van der Waals surface area contributed by atoms with Crippen molar-refractivity contribution in [3.05, 3.63) is 88.5 Å². The molecular formula is C29H23FN2O4. The van der Waals surface area contributed by atoms with Crippen LogP contribution in [0, 0.1) is 5.82 Å². The summed E-state index contributed by atoms with van der Waals surface area (Å²) >= 11 is 0. The molecule has 2 aromatic heterocycles. The maximum Gasteiger partial charge on any atom is 0.353 e. The summed E-state index contributed by atoms with van der Waals surface area (Å²) in [7, 11) is 0. The predicted molar refractivity (Wildman–Crippen MR) is 135 cm³/mol. The fourth-order valence-corrected chi connectivity index (χ4v) is 5.34. The van der Waals surface area contributed by atoms with E-state index in [0.29, 0.717) is 52.8 Å². The molecule has 0 saturated heterocycles. The van der Waals surface area contributed by atoms with Crippen LogP contribution >= 0.6 is 0 Å². The van der Waals surface area contributed by atoms with Crippen LogP contribution in [0.2, 0.25) is 0 Å². The first kappa shape index (κ1) is 22.2. The molecule has 2 aromatic carbocycles. The second-order valence-electron chi connectivity index (χ2n) is 9.05. The number of carboxylic acid groups (broad SMARTS) is 1. The molecule has 1 aliphatic carbocycles. The number of aryl methyl sites for hydroxylation is 1. The molecule has 0 radical (unpaired) electrons. The van der Waals surface area contributed by atoms with Crippen molar-refractivity contribution in [3.8, 4) is 5.75 Å². The molecule has 0 saturated carbocycles. The molecule has 1 N–H and O–H groups in total. The Balaban J connectivity index is 1.70. The largest absolute Gasteiger partial charge is 0.492 e. The predicted octanol–water partition coefficient (Wildman–Crippen LogP) is 5.48. The number of Topliss-reactive ketones (excluding diaryl/α,β-unsaturated/α-hetero) is 1. The summed E-state index contributed by atoms with van der Waals surface area (Å²) in [6.07, 6.45) is 6.41. The maximum absolute atomic E-state index is 15.2. The van der Waals surface area contributed by atoms with Gasteiger partial charge in [-0.2, -0.15) is 0 Å². The summed E-state index contributed by atoms with van der Waals surface area (Å²) in [6.45, 7) is 2.49. The van der Waals surface area contributed by atoms with Crippen LogP contribution in [0.15, 0.2) is 54.6 Å². The van der Waals surface area contributed by atoms with Crippen LogP contribution in [0.3, 0.4) is 0 Å². The van der Waals surface area contributed by atoms with Crippen molar-refractivity contribution in [2.24, 2.45) is 0 Å². The molecule has 0 atom stereocenters. The number of carbonyl (C=O) groups excluding carboxylic acids is 1. The van der Waals surface area contributed by atoms with E-state index in [-0.39, 0.29) is 24.4 Å². The van der Waals surface area contributed by atoms with E-state index in [1.807, 2.05) is 37.3 Å². The summed E-state index contributed by atoms with van der Waals surface area (Å²) in [5.74, 6) is -1.48. The van der Waals surface area contributed by atoms with Gasteiger partial charge in [-0.3, -0.25) is 9.78 Å². The number of ether oxygens (including phenoxy) is 1. The first-order valence-electron chi connectivity index (χ1n) is 12.0. The van der Waals surface area contributed by atoms with Crippen LogP contribution in [0.5, 0.6) is 5.75 Å². The minimum atomic E-state index is -1.19. The lowest BCUT2D eigenvalue weighted by molar-refractivity contribution is -0.113. The van der Waals surface area contributed by atoms with E-state index in [9.17, 15) is 14.7 Å². The van der Waals surface area contributed by atoms with Crippen molar-refractivity contribution in [2.75, 3.05) is 6.61 Å². The first-order chi connectivity index (χ1) is 17.5. The molecule has 180 valence electrons. The molecule has 0 amide bonds. The zero-order valence-electron chi connectivity index (χ0n) is 19.7. The molecule has 0 unspecified atom stereocenters. The van der Waals surface area contributed by atoms with Crippen LogP contribution < -0.4 is 4.74 Å². The molecule has 0 fully saturated rings.